The zero-order valence-electron chi connectivity index (χ0n) is 9.58. The van der Waals surface area contributed by atoms with E-state index in [9.17, 15) is 0 Å². The normalized spacial score (nSPS) is 17.2. The molecule has 88 valence electrons. The van der Waals surface area contributed by atoms with Gasteiger partial charge in [-0.25, -0.2) is 0 Å². The molecule has 0 saturated heterocycles. The highest BCUT2D eigenvalue weighted by Gasteiger charge is 2.22. The highest BCUT2D eigenvalue weighted by Crippen LogP contribution is 2.32. The molecule has 1 aromatic carbocycles. The first-order valence-electron chi connectivity index (χ1n) is 5.82. The highest BCUT2D eigenvalue weighted by atomic mass is 79.9. The fourth-order valence-corrected chi connectivity index (χ4v) is 2.19. The van der Waals surface area contributed by atoms with Crippen LogP contribution in [0.25, 0.3) is 0 Å². The van der Waals surface area contributed by atoms with Gasteiger partial charge in [0.25, 0.3) is 0 Å². The molecule has 0 amide bonds. The molecule has 0 aromatic heterocycles. The van der Waals surface area contributed by atoms with Gasteiger partial charge in [0.15, 0.2) is 0 Å². The van der Waals surface area contributed by atoms with Crippen LogP contribution in [0.1, 0.15) is 25.3 Å². The lowest BCUT2D eigenvalue weighted by molar-refractivity contribution is 0.298. The van der Waals surface area contributed by atoms with Crippen molar-refractivity contribution < 1.29 is 4.74 Å². The molecular weight excluding hydrogens is 266 g/mol. The third-order valence-electron chi connectivity index (χ3n) is 2.73. The van der Waals surface area contributed by atoms with E-state index in [0.29, 0.717) is 0 Å². The minimum atomic E-state index is 0.199. The monoisotopic (exact) mass is 283 g/mol. The Morgan fingerprint density at radius 2 is 2.25 bits per heavy atom. The quantitative estimate of drug-likeness (QED) is 0.901. The molecular formula is C13H18BrNO. The van der Waals surface area contributed by atoms with Crippen LogP contribution in [0, 0.1) is 5.92 Å². The number of rotatable bonds is 5. The lowest BCUT2D eigenvalue weighted by Crippen LogP contribution is -2.17. The lowest BCUT2D eigenvalue weighted by Gasteiger charge is -2.10. The van der Waals surface area contributed by atoms with E-state index in [4.69, 9.17) is 10.5 Å². The van der Waals surface area contributed by atoms with Crippen molar-refractivity contribution in [1.82, 2.24) is 0 Å². The Hall–Kier alpha value is -0.540. The second-order valence-electron chi connectivity index (χ2n) is 4.70. The fraction of sp³-hybridized carbons (Fsp3) is 0.538. The number of ether oxygens (including phenoxy) is 1. The summed E-state index contributed by atoms with van der Waals surface area (Å²) in [5, 5.41) is 0. The van der Waals surface area contributed by atoms with Gasteiger partial charge in [0.1, 0.15) is 5.75 Å². The Labute approximate surface area is 105 Å². The molecule has 2 nitrogen and oxygen atoms in total. The molecule has 16 heavy (non-hydrogen) atoms. The van der Waals surface area contributed by atoms with Crippen LogP contribution < -0.4 is 10.5 Å². The van der Waals surface area contributed by atoms with Gasteiger partial charge in [0, 0.05) is 6.04 Å². The Bertz CT molecular complexity index is 361. The van der Waals surface area contributed by atoms with E-state index in [2.05, 4.69) is 28.1 Å². The summed E-state index contributed by atoms with van der Waals surface area (Å²) in [5.74, 6) is 1.73. The fourth-order valence-electron chi connectivity index (χ4n) is 1.65. The number of nitrogens with two attached hydrogens (primary N) is 1. The van der Waals surface area contributed by atoms with E-state index in [1.165, 1.54) is 18.4 Å². The van der Waals surface area contributed by atoms with Gasteiger partial charge in [0.05, 0.1) is 11.1 Å². The van der Waals surface area contributed by atoms with Crippen molar-refractivity contribution in [1.29, 1.82) is 0 Å². The van der Waals surface area contributed by atoms with Crippen LogP contribution in [0.4, 0.5) is 0 Å². The first-order valence-corrected chi connectivity index (χ1v) is 6.61. The Kier molecular flexibility index (Phi) is 3.87. The van der Waals surface area contributed by atoms with Crippen molar-refractivity contribution in [3.63, 3.8) is 0 Å². The van der Waals surface area contributed by atoms with E-state index in [-0.39, 0.29) is 6.04 Å². The van der Waals surface area contributed by atoms with Gasteiger partial charge >= 0.3 is 0 Å². The van der Waals surface area contributed by atoms with Crippen LogP contribution in [0.5, 0.6) is 5.75 Å². The third-order valence-corrected chi connectivity index (χ3v) is 3.35. The van der Waals surface area contributed by atoms with Crippen LogP contribution >= 0.6 is 15.9 Å². The lowest BCUT2D eigenvalue weighted by atomic mass is 10.1. The molecule has 0 radical (unpaired) electrons. The predicted octanol–water partition coefficient (Wildman–Crippen LogP) is 3.13. The van der Waals surface area contributed by atoms with E-state index < -0.39 is 0 Å². The molecule has 2 N–H and O–H groups in total. The summed E-state index contributed by atoms with van der Waals surface area (Å²) < 4.78 is 6.78. The predicted molar refractivity (Wildman–Crippen MR) is 69.7 cm³/mol. The third kappa shape index (κ3) is 3.49. The average molecular weight is 284 g/mol. The number of hydrogen-bond donors (Lipinski definition) is 1. The van der Waals surface area contributed by atoms with Gasteiger partial charge in [-0.3, -0.25) is 0 Å². The summed E-state index contributed by atoms with van der Waals surface area (Å²) in [4.78, 5) is 0. The topological polar surface area (TPSA) is 35.2 Å². The zero-order chi connectivity index (χ0) is 11.5. The molecule has 1 fully saturated rings. The molecule has 1 aliphatic rings. The van der Waals surface area contributed by atoms with E-state index >= 15 is 0 Å². The summed E-state index contributed by atoms with van der Waals surface area (Å²) in [7, 11) is 0. The molecule has 1 atom stereocenters. The van der Waals surface area contributed by atoms with Crippen LogP contribution in [0.2, 0.25) is 0 Å². The van der Waals surface area contributed by atoms with E-state index in [1.807, 2.05) is 13.0 Å². The molecule has 0 bridgehead atoms. The molecule has 1 aromatic rings. The minimum Gasteiger partial charge on any atom is -0.492 e. The first kappa shape index (κ1) is 11.9. The maximum atomic E-state index is 5.77. The number of halogens is 1. The highest BCUT2D eigenvalue weighted by molar-refractivity contribution is 9.10. The van der Waals surface area contributed by atoms with Crippen LogP contribution in [0.15, 0.2) is 22.7 Å². The van der Waals surface area contributed by atoms with Crippen LogP contribution in [0.3, 0.4) is 0 Å². The summed E-state index contributed by atoms with van der Waals surface area (Å²) >= 11 is 3.54. The molecule has 1 saturated carbocycles. The van der Waals surface area contributed by atoms with Gasteiger partial charge in [-0.1, -0.05) is 6.07 Å². The van der Waals surface area contributed by atoms with Crippen molar-refractivity contribution in [2.24, 2.45) is 11.7 Å². The molecule has 2 rings (SSSR count). The molecule has 3 heteroatoms. The summed E-state index contributed by atoms with van der Waals surface area (Å²) in [5.41, 5.74) is 7.02. The Balaban J connectivity index is 1.97. The molecule has 1 aliphatic carbocycles. The standard InChI is InChI=1S/C13H18BrNO/c1-9(15)6-11-4-5-13(12(14)7-11)16-8-10-2-3-10/h4-5,7,9-10H,2-3,6,8,15H2,1H3. The molecule has 1 unspecified atom stereocenters. The Morgan fingerprint density at radius 1 is 1.50 bits per heavy atom. The zero-order valence-corrected chi connectivity index (χ0v) is 11.2. The van der Waals surface area contributed by atoms with Gasteiger partial charge in [-0.2, -0.15) is 0 Å². The van der Waals surface area contributed by atoms with Crippen molar-refractivity contribution in [2.75, 3.05) is 6.61 Å². The molecule has 0 heterocycles. The maximum absolute atomic E-state index is 5.77. The van der Waals surface area contributed by atoms with Crippen LogP contribution in [-0.2, 0) is 6.42 Å². The largest absolute Gasteiger partial charge is 0.492 e. The van der Waals surface area contributed by atoms with E-state index in [1.54, 1.807) is 0 Å². The maximum Gasteiger partial charge on any atom is 0.133 e. The summed E-state index contributed by atoms with van der Waals surface area (Å²) in [6.07, 6.45) is 3.54. The second-order valence-corrected chi connectivity index (χ2v) is 5.55. The van der Waals surface area contributed by atoms with Gasteiger partial charge in [0.2, 0.25) is 0 Å². The molecule has 0 aliphatic heterocycles. The molecule has 0 spiro atoms. The number of hydrogen-bond acceptors (Lipinski definition) is 2. The van der Waals surface area contributed by atoms with Gasteiger partial charge < -0.3 is 10.5 Å². The van der Waals surface area contributed by atoms with Crippen LogP contribution in [-0.4, -0.2) is 12.6 Å². The smallest absolute Gasteiger partial charge is 0.133 e. The summed E-state index contributed by atoms with van der Waals surface area (Å²) in [6, 6.07) is 6.43. The van der Waals surface area contributed by atoms with E-state index in [0.717, 1.165) is 29.2 Å². The minimum absolute atomic E-state index is 0.199. The second kappa shape index (κ2) is 5.19. The van der Waals surface area contributed by atoms with Crippen molar-refractivity contribution >= 4 is 15.9 Å². The summed E-state index contributed by atoms with van der Waals surface area (Å²) in [6.45, 7) is 2.87. The van der Waals surface area contributed by atoms with Crippen molar-refractivity contribution in [3.8, 4) is 5.75 Å². The SMILES string of the molecule is CC(N)Cc1ccc(OCC2CC2)c(Br)c1. The van der Waals surface area contributed by atoms with Gasteiger partial charge in [-0.05, 0) is 65.7 Å². The van der Waals surface area contributed by atoms with Gasteiger partial charge in [-0.15, -0.1) is 0 Å². The van der Waals surface area contributed by atoms with Crippen molar-refractivity contribution in [2.45, 2.75) is 32.2 Å². The Morgan fingerprint density at radius 3 is 2.81 bits per heavy atom. The first-order chi connectivity index (χ1) is 7.65. The van der Waals surface area contributed by atoms with Crippen molar-refractivity contribution in [3.05, 3.63) is 28.2 Å². The number of benzene rings is 1. The average Bonchev–Trinajstić information content (AvgIpc) is 2.99.